The van der Waals surface area contributed by atoms with Gasteiger partial charge >= 0.3 is 0 Å². The molecule has 0 atom stereocenters. The summed E-state index contributed by atoms with van der Waals surface area (Å²) in [7, 11) is 3.85. The van der Waals surface area contributed by atoms with E-state index in [1.165, 1.54) is 0 Å². The SMILES string of the molecule is COc1cccc(CCC(=O)N2CCC3(CC2)CCC(O)(CN2CCN(C)CC2)CC3)c1. The number of piperidine rings is 1. The molecule has 1 aromatic carbocycles. The van der Waals surface area contributed by atoms with E-state index >= 15 is 0 Å². The van der Waals surface area contributed by atoms with Gasteiger partial charge in [-0.2, -0.15) is 0 Å². The third-order valence-corrected chi connectivity index (χ3v) is 8.29. The first-order chi connectivity index (χ1) is 15.4. The van der Waals surface area contributed by atoms with Gasteiger partial charge in [0, 0.05) is 52.2 Å². The third kappa shape index (κ3) is 5.83. The van der Waals surface area contributed by atoms with Crippen molar-refractivity contribution in [2.75, 3.05) is 60.0 Å². The van der Waals surface area contributed by atoms with Crippen molar-refractivity contribution in [1.82, 2.24) is 14.7 Å². The molecular formula is C26H41N3O3. The van der Waals surface area contributed by atoms with Crippen LogP contribution in [0.2, 0.25) is 0 Å². The molecule has 1 saturated carbocycles. The van der Waals surface area contributed by atoms with E-state index in [1.807, 2.05) is 18.2 Å². The van der Waals surface area contributed by atoms with Crippen molar-refractivity contribution >= 4 is 5.91 Å². The zero-order valence-corrected chi connectivity index (χ0v) is 20.0. The molecule has 0 aromatic heterocycles. The van der Waals surface area contributed by atoms with Gasteiger partial charge in [-0.05, 0) is 75.1 Å². The number of ether oxygens (including phenoxy) is 1. The Morgan fingerprint density at radius 2 is 1.69 bits per heavy atom. The van der Waals surface area contributed by atoms with E-state index in [-0.39, 0.29) is 5.91 Å². The van der Waals surface area contributed by atoms with E-state index in [0.717, 1.165) is 102 Å². The van der Waals surface area contributed by atoms with Gasteiger partial charge in [0.1, 0.15) is 5.75 Å². The minimum absolute atomic E-state index is 0.269. The van der Waals surface area contributed by atoms with Gasteiger partial charge in [0.05, 0.1) is 12.7 Å². The van der Waals surface area contributed by atoms with Crippen molar-refractivity contribution in [2.24, 2.45) is 5.41 Å². The van der Waals surface area contributed by atoms with Gasteiger partial charge in [-0.1, -0.05) is 12.1 Å². The minimum atomic E-state index is -0.523. The molecule has 2 aliphatic heterocycles. The largest absolute Gasteiger partial charge is 0.497 e. The monoisotopic (exact) mass is 443 g/mol. The fourth-order valence-corrected chi connectivity index (χ4v) is 5.79. The van der Waals surface area contributed by atoms with Crippen molar-refractivity contribution in [3.05, 3.63) is 29.8 Å². The first-order valence-corrected chi connectivity index (χ1v) is 12.4. The number of nitrogens with zero attached hydrogens (tertiary/aromatic N) is 3. The molecule has 3 fully saturated rings. The van der Waals surface area contributed by atoms with Gasteiger partial charge in [0.15, 0.2) is 0 Å². The lowest BCUT2D eigenvalue weighted by Gasteiger charge is -2.49. The van der Waals surface area contributed by atoms with Crippen molar-refractivity contribution in [3.8, 4) is 5.75 Å². The standard InChI is InChI=1S/C26H41N3O3/c1-27-16-18-28(19-17-27)21-26(31)10-8-25(9-11-26)12-14-29(15-13-25)24(30)7-6-22-4-3-5-23(20-22)32-2/h3-5,20,31H,6-19,21H2,1-2H3. The first kappa shape index (κ1) is 23.5. The second-order valence-electron chi connectivity index (χ2n) is 10.5. The Labute approximate surface area is 193 Å². The number of benzene rings is 1. The van der Waals surface area contributed by atoms with Crippen LogP contribution < -0.4 is 4.74 Å². The third-order valence-electron chi connectivity index (χ3n) is 8.29. The van der Waals surface area contributed by atoms with Crippen LogP contribution in [0.25, 0.3) is 0 Å². The number of amides is 1. The fraction of sp³-hybridized carbons (Fsp3) is 0.731. The molecule has 32 heavy (non-hydrogen) atoms. The number of aryl methyl sites for hydroxylation is 1. The summed E-state index contributed by atoms with van der Waals surface area (Å²) >= 11 is 0. The lowest BCUT2D eigenvalue weighted by molar-refractivity contribution is -0.135. The van der Waals surface area contributed by atoms with Gasteiger partial charge < -0.3 is 19.6 Å². The number of rotatable bonds is 6. The van der Waals surface area contributed by atoms with Gasteiger partial charge in [-0.3, -0.25) is 9.69 Å². The summed E-state index contributed by atoms with van der Waals surface area (Å²) in [5.41, 5.74) is 0.959. The predicted molar refractivity (Wildman–Crippen MR) is 127 cm³/mol. The van der Waals surface area contributed by atoms with Gasteiger partial charge in [-0.15, -0.1) is 0 Å². The molecule has 178 valence electrons. The van der Waals surface area contributed by atoms with Crippen molar-refractivity contribution in [2.45, 2.75) is 57.0 Å². The average Bonchev–Trinajstić information content (AvgIpc) is 2.82. The van der Waals surface area contributed by atoms with Gasteiger partial charge in [-0.25, -0.2) is 0 Å². The molecule has 1 amide bonds. The van der Waals surface area contributed by atoms with Crippen molar-refractivity contribution in [3.63, 3.8) is 0 Å². The summed E-state index contributed by atoms with van der Waals surface area (Å²) in [5, 5.41) is 11.2. The van der Waals surface area contributed by atoms with E-state index in [9.17, 15) is 9.90 Å². The van der Waals surface area contributed by atoms with Gasteiger partial charge in [0.2, 0.25) is 5.91 Å². The van der Waals surface area contributed by atoms with E-state index in [1.54, 1.807) is 7.11 Å². The summed E-state index contributed by atoms with van der Waals surface area (Å²) in [4.78, 5) is 19.7. The highest BCUT2D eigenvalue weighted by molar-refractivity contribution is 5.76. The zero-order chi connectivity index (χ0) is 22.6. The highest BCUT2D eigenvalue weighted by Gasteiger charge is 2.44. The van der Waals surface area contributed by atoms with Crippen LogP contribution in [0.15, 0.2) is 24.3 Å². The molecule has 1 N–H and O–H groups in total. The summed E-state index contributed by atoms with van der Waals surface area (Å²) in [6.07, 6.45) is 7.51. The highest BCUT2D eigenvalue weighted by Crippen LogP contribution is 2.47. The molecule has 0 bridgehead atoms. The second kappa shape index (κ2) is 10.1. The number of carbonyl (C=O) groups is 1. The molecule has 0 radical (unpaired) electrons. The number of hydrogen-bond donors (Lipinski definition) is 1. The van der Waals surface area contributed by atoms with Gasteiger partial charge in [0.25, 0.3) is 0 Å². The van der Waals surface area contributed by atoms with Crippen LogP contribution >= 0.6 is 0 Å². The summed E-state index contributed by atoms with van der Waals surface area (Å²) in [5.74, 6) is 1.12. The van der Waals surface area contributed by atoms with E-state index in [4.69, 9.17) is 4.74 Å². The van der Waals surface area contributed by atoms with Crippen LogP contribution in [-0.4, -0.2) is 91.3 Å². The van der Waals surface area contributed by atoms with E-state index in [0.29, 0.717) is 11.8 Å². The van der Waals surface area contributed by atoms with Crippen LogP contribution in [0.5, 0.6) is 5.75 Å². The molecule has 2 saturated heterocycles. The van der Waals surface area contributed by atoms with Crippen LogP contribution in [0.1, 0.15) is 50.5 Å². The Balaban J connectivity index is 1.21. The Hall–Kier alpha value is -1.63. The average molecular weight is 444 g/mol. The summed E-state index contributed by atoms with van der Waals surface area (Å²) in [6.45, 7) is 6.89. The molecule has 3 aliphatic rings. The van der Waals surface area contributed by atoms with Crippen LogP contribution in [0, 0.1) is 5.41 Å². The van der Waals surface area contributed by atoms with Crippen LogP contribution in [0.4, 0.5) is 0 Å². The van der Waals surface area contributed by atoms with E-state index in [2.05, 4.69) is 27.8 Å². The van der Waals surface area contributed by atoms with E-state index < -0.39 is 5.60 Å². The molecule has 0 unspecified atom stereocenters. The number of methoxy groups -OCH3 is 1. The second-order valence-corrected chi connectivity index (χ2v) is 10.5. The molecule has 6 nitrogen and oxygen atoms in total. The maximum atomic E-state index is 12.8. The number of likely N-dealkylation sites (tertiary alicyclic amines) is 1. The molecule has 1 aromatic rings. The molecule has 1 aliphatic carbocycles. The topological polar surface area (TPSA) is 56.2 Å². The lowest BCUT2D eigenvalue weighted by Crippen LogP contribution is -2.54. The Kier molecular flexibility index (Phi) is 7.43. The zero-order valence-electron chi connectivity index (χ0n) is 20.0. The molecule has 1 spiro atoms. The quantitative estimate of drug-likeness (QED) is 0.733. The Bertz CT molecular complexity index is 757. The fourth-order valence-electron chi connectivity index (χ4n) is 5.79. The normalized spacial score (nSPS) is 23.9. The molecule has 6 heteroatoms. The maximum Gasteiger partial charge on any atom is 0.222 e. The van der Waals surface area contributed by atoms with Crippen LogP contribution in [-0.2, 0) is 11.2 Å². The number of β-amino-alcohol motifs (C(OH)–C–C–N with tert-alkyl or cyclic N) is 1. The Morgan fingerprint density at radius 3 is 2.34 bits per heavy atom. The number of carbonyl (C=O) groups excluding carboxylic acids is 1. The van der Waals surface area contributed by atoms with Crippen LogP contribution in [0.3, 0.4) is 0 Å². The van der Waals surface area contributed by atoms with Crippen molar-refractivity contribution in [1.29, 1.82) is 0 Å². The number of hydrogen-bond acceptors (Lipinski definition) is 5. The number of piperazine rings is 1. The summed E-state index contributed by atoms with van der Waals surface area (Å²) < 4.78 is 5.29. The minimum Gasteiger partial charge on any atom is -0.497 e. The van der Waals surface area contributed by atoms with Crippen molar-refractivity contribution < 1.29 is 14.6 Å². The summed E-state index contributed by atoms with van der Waals surface area (Å²) in [6, 6.07) is 8.00. The lowest BCUT2D eigenvalue weighted by atomic mass is 9.64. The maximum absolute atomic E-state index is 12.8. The smallest absolute Gasteiger partial charge is 0.222 e. The number of likely N-dealkylation sites (N-methyl/N-ethyl adjacent to an activating group) is 1. The molecular weight excluding hydrogens is 402 g/mol. The molecule has 4 rings (SSSR count). The number of aliphatic hydroxyl groups is 1. The first-order valence-electron chi connectivity index (χ1n) is 12.4. The molecule has 2 heterocycles. The predicted octanol–water partition coefficient (Wildman–Crippen LogP) is 2.79. The Morgan fingerprint density at radius 1 is 1.00 bits per heavy atom. The highest BCUT2D eigenvalue weighted by atomic mass is 16.5.